The van der Waals surface area contributed by atoms with Crippen LogP contribution in [0.15, 0.2) is 6.58 Å². The highest BCUT2D eigenvalue weighted by Gasteiger charge is 2.20. The van der Waals surface area contributed by atoms with Crippen molar-refractivity contribution in [2.45, 2.75) is 27.3 Å². The maximum Gasteiger partial charge on any atom is 0.184 e. The van der Waals surface area contributed by atoms with Gasteiger partial charge in [-0.1, -0.05) is 18.7 Å². The van der Waals surface area contributed by atoms with Gasteiger partial charge in [-0.15, -0.1) is 0 Å². The average Bonchev–Trinajstić information content (AvgIpc) is 3.03. The lowest BCUT2D eigenvalue weighted by Gasteiger charge is -2.26. The van der Waals surface area contributed by atoms with Gasteiger partial charge in [0.15, 0.2) is 11.5 Å². The lowest BCUT2D eigenvalue weighted by molar-refractivity contribution is 0.0364. The number of aromatic nitrogens is 2. The number of hydrogen-bond donors (Lipinski definition) is 2. The van der Waals surface area contributed by atoms with E-state index in [2.05, 4.69) is 11.5 Å². The van der Waals surface area contributed by atoms with Crippen LogP contribution >= 0.6 is 0 Å². The zero-order valence-electron chi connectivity index (χ0n) is 15.7. The van der Waals surface area contributed by atoms with Crippen LogP contribution in [0.1, 0.15) is 26.3 Å². The molecule has 6 nitrogen and oxygen atoms in total. The summed E-state index contributed by atoms with van der Waals surface area (Å²) in [5.41, 5.74) is 3.66. The summed E-state index contributed by atoms with van der Waals surface area (Å²) in [4.78, 5) is 7.13. The number of rotatable bonds is 4. The van der Waals surface area contributed by atoms with Crippen LogP contribution < -0.4 is 10.7 Å². The van der Waals surface area contributed by atoms with E-state index in [0.29, 0.717) is 23.1 Å². The molecule has 2 heterocycles. The lowest BCUT2D eigenvalue weighted by Crippen LogP contribution is -2.39. The quantitative estimate of drug-likeness (QED) is 0.810. The van der Waals surface area contributed by atoms with Crippen molar-refractivity contribution in [2.75, 3.05) is 32.8 Å². The van der Waals surface area contributed by atoms with Gasteiger partial charge < -0.3 is 19.5 Å². The van der Waals surface area contributed by atoms with Gasteiger partial charge in [-0.3, -0.25) is 4.90 Å². The molecular weight excluding hydrogens is 330 g/mol. The third-order valence-electron chi connectivity index (χ3n) is 4.90. The Hall–Kier alpha value is -2.31. The first kappa shape index (κ1) is 18.5. The van der Waals surface area contributed by atoms with Crippen LogP contribution in [-0.2, 0) is 11.3 Å². The zero-order chi connectivity index (χ0) is 18.8. The Bertz CT molecular complexity index is 949. The minimum absolute atomic E-state index is 0.137. The molecule has 1 aliphatic heterocycles. The number of morpholine rings is 1. The first-order valence-electron chi connectivity index (χ1n) is 9.00. The van der Waals surface area contributed by atoms with Crippen molar-refractivity contribution in [3.05, 3.63) is 22.8 Å². The SMILES string of the molecule is C=Cc1c(O)c(O)c2c(nc(=C(C)C)n2CCN2CCOCC2)/c1=C/C. The standard InChI is InChI=1S/C20H27N3O3/c1-5-14-15(6-2)18(24)19(25)17-16(14)21-20(13(3)4)23(17)8-7-22-9-11-26-12-10-22/h5-6,24-25H,2,7-12H2,1,3-4H3/b14-5+. The third-order valence-corrected chi connectivity index (χ3v) is 4.90. The van der Waals surface area contributed by atoms with E-state index >= 15 is 0 Å². The van der Waals surface area contributed by atoms with Gasteiger partial charge in [-0.2, -0.15) is 0 Å². The monoisotopic (exact) mass is 357 g/mol. The number of imidazole rings is 1. The van der Waals surface area contributed by atoms with Gasteiger partial charge in [0.1, 0.15) is 16.5 Å². The van der Waals surface area contributed by atoms with Crippen molar-refractivity contribution in [2.24, 2.45) is 0 Å². The van der Waals surface area contributed by atoms with Gasteiger partial charge in [-0.25, -0.2) is 4.98 Å². The smallest absolute Gasteiger partial charge is 0.184 e. The van der Waals surface area contributed by atoms with E-state index in [0.717, 1.165) is 49.1 Å². The van der Waals surface area contributed by atoms with Crippen LogP contribution in [-0.4, -0.2) is 57.5 Å². The van der Waals surface area contributed by atoms with Gasteiger partial charge in [-0.05, 0) is 26.3 Å². The Morgan fingerprint density at radius 3 is 2.46 bits per heavy atom. The second-order valence-corrected chi connectivity index (χ2v) is 6.76. The number of benzene rings is 1. The van der Waals surface area contributed by atoms with Crippen LogP contribution in [0.2, 0.25) is 0 Å². The Kier molecular flexibility index (Phi) is 5.34. The molecule has 0 saturated carbocycles. The molecule has 0 unspecified atom stereocenters. The molecular formula is C20H27N3O3. The molecule has 2 aromatic rings. The molecule has 2 N–H and O–H groups in total. The van der Waals surface area contributed by atoms with Crippen molar-refractivity contribution in [1.82, 2.24) is 14.5 Å². The molecule has 3 rings (SSSR count). The average molecular weight is 357 g/mol. The van der Waals surface area contributed by atoms with E-state index in [1.54, 1.807) is 6.08 Å². The molecule has 1 aliphatic rings. The van der Waals surface area contributed by atoms with Crippen molar-refractivity contribution in [3.8, 4) is 11.5 Å². The molecule has 1 aromatic carbocycles. The van der Waals surface area contributed by atoms with Gasteiger partial charge in [0.2, 0.25) is 0 Å². The second kappa shape index (κ2) is 7.51. The Morgan fingerprint density at radius 2 is 1.88 bits per heavy atom. The predicted molar refractivity (Wildman–Crippen MR) is 105 cm³/mol. The van der Waals surface area contributed by atoms with Crippen LogP contribution in [0.3, 0.4) is 0 Å². The number of ether oxygens (including phenoxy) is 1. The predicted octanol–water partition coefficient (Wildman–Crippen LogP) is 1.41. The Labute approximate surface area is 153 Å². The number of aromatic hydroxyl groups is 2. The van der Waals surface area contributed by atoms with Crippen molar-refractivity contribution < 1.29 is 14.9 Å². The highest BCUT2D eigenvalue weighted by molar-refractivity contribution is 5.90. The summed E-state index contributed by atoms with van der Waals surface area (Å²) in [5, 5.41) is 22.0. The summed E-state index contributed by atoms with van der Waals surface area (Å²) in [7, 11) is 0. The van der Waals surface area contributed by atoms with E-state index in [9.17, 15) is 10.2 Å². The molecule has 0 radical (unpaired) electrons. The number of phenols is 2. The van der Waals surface area contributed by atoms with Crippen LogP contribution in [0.4, 0.5) is 0 Å². The molecule has 1 aromatic heterocycles. The van der Waals surface area contributed by atoms with Gasteiger partial charge in [0, 0.05) is 37.0 Å². The minimum Gasteiger partial charge on any atom is -0.504 e. The largest absolute Gasteiger partial charge is 0.504 e. The molecule has 0 atom stereocenters. The number of phenolic OH excluding ortho intramolecular Hbond substituents is 2. The molecule has 1 saturated heterocycles. The van der Waals surface area contributed by atoms with E-state index in [1.807, 2.05) is 31.4 Å². The molecule has 0 amide bonds. The van der Waals surface area contributed by atoms with Crippen molar-refractivity contribution >= 4 is 28.8 Å². The lowest BCUT2D eigenvalue weighted by atomic mass is 10.1. The summed E-state index contributed by atoms with van der Waals surface area (Å²) in [5.74, 6) is -0.282. The molecule has 6 heteroatoms. The summed E-state index contributed by atoms with van der Waals surface area (Å²) in [6.07, 6.45) is 3.45. The second-order valence-electron chi connectivity index (χ2n) is 6.76. The van der Waals surface area contributed by atoms with E-state index in [1.165, 1.54) is 0 Å². The Balaban J connectivity index is 2.21. The fraction of sp³-hybridized carbons (Fsp3) is 0.450. The zero-order valence-corrected chi connectivity index (χ0v) is 15.7. The highest BCUT2D eigenvalue weighted by atomic mass is 16.5. The van der Waals surface area contributed by atoms with Crippen LogP contribution in [0.5, 0.6) is 11.5 Å². The number of hydrogen-bond acceptors (Lipinski definition) is 5. The van der Waals surface area contributed by atoms with Crippen molar-refractivity contribution in [1.29, 1.82) is 0 Å². The fourth-order valence-corrected chi connectivity index (χ4v) is 3.54. The maximum atomic E-state index is 10.7. The van der Waals surface area contributed by atoms with Crippen LogP contribution in [0.25, 0.3) is 28.8 Å². The molecule has 26 heavy (non-hydrogen) atoms. The normalized spacial score (nSPS) is 16.3. The van der Waals surface area contributed by atoms with Crippen LogP contribution in [0, 0.1) is 0 Å². The minimum atomic E-state index is -0.145. The molecule has 0 aliphatic carbocycles. The third kappa shape index (κ3) is 3.10. The molecule has 1 fully saturated rings. The maximum absolute atomic E-state index is 10.7. The molecule has 140 valence electrons. The summed E-state index contributed by atoms with van der Waals surface area (Å²) in [6.45, 7) is 14.5. The first-order valence-corrected chi connectivity index (χ1v) is 9.00. The molecule has 0 spiro atoms. The van der Waals surface area contributed by atoms with Crippen molar-refractivity contribution in [3.63, 3.8) is 0 Å². The topological polar surface area (TPSA) is 70.8 Å². The number of nitrogens with zero attached hydrogens (tertiary/aromatic N) is 3. The molecule has 0 bridgehead atoms. The van der Waals surface area contributed by atoms with Gasteiger partial charge >= 0.3 is 0 Å². The van der Waals surface area contributed by atoms with Gasteiger partial charge in [0.25, 0.3) is 0 Å². The van der Waals surface area contributed by atoms with Gasteiger partial charge in [0.05, 0.1) is 13.2 Å². The van der Waals surface area contributed by atoms with E-state index < -0.39 is 0 Å². The summed E-state index contributed by atoms with van der Waals surface area (Å²) in [6, 6.07) is 0. The highest BCUT2D eigenvalue weighted by Crippen LogP contribution is 2.34. The van der Waals surface area contributed by atoms with E-state index in [-0.39, 0.29) is 11.5 Å². The fourth-order valence-electron chi connectivity index (χ4n) is 3.54. The summed E-state index contributed by atoms with van der Waals surface area (Å²) < 4.78 is 7.42. The Morgan fingerprint density at radius 1 is 1.19 bits per heavy atom. The first-order chi connectivity index (χ1) is 12.5. The number of fused-ring (bicyclic) bond motifs is 1. The van der Waals surface area contributed by atoms with E-state index in [4.69, 9.17) is 9.72 Å². The summed E-state index contributed by atoms with van der Waals surface area (Å²) >= 11 is 0.